The fraction of sp³-hybridized carbons (Fsp3) is 0. The molecular formula is C18H11FN2O. The molecule has 3 nitrogen and oxygen atoms in total. The molecule has 1 heterocycles. The predicted octanol–water partition coefficient (Wildman–Crippen LogP) is 4.70. The summed E-state index contributed by atoms with van der Waals surface area (Å²) < 4.78 is 18.9. The van der Waals surface area contributed by atoms with Crippen LogP contribution in [0.2, 0.25) is 0 Å². The Morgan fingerprint density at radius 3 is 2.18 bits per heavy atom. The average molecular weight is 290 g/mol. The van der Waals surface area contributed by atoms with Gasteiger partial charge in [0.1, 0.15) is 5.82 Å². The first kappa shape index (κ1) is 12.7. The maximum absolute atomic E-state index is 13.3. The van der Waals surface area contributed by atoms with Gasteiger partial charge in [-0.05, 0) is 41.1 Å². The normalized spacial score (nSPS) is 11.0. The van der Waals surface area contributed by atoms with Gasteiger partial charge in [0.2, 0.25) is 11.8 Å². The summed E-state index contributed by atoms with van der Waals surface area (Å²) in [5, 5.41) is 10.3. The molecule has 0 atom stereocenters. The highest BCUT2D eigenvalue weighted by molar-refractivity contribution is 5.86. The summed E-state index contributed by atoms with van der Waals surface area (Å²) in [6.45, 7) is 0. The van der Waals surface area contributed by atoms with Crippen molar-refractivity contribution in [2.45, 2.75) is 0 Å². The SMILES string of the molecule is Fc1cccc(-c2nnc(-c3ccc4ccccc4c3)o2)c1. The number of fused-ring (bicyclic) bond motifs is 1. The molecule has 106 valence electrons. The van der Waals surface area contributed by atoms with Gasteiger partial charge in [-0.3, -0.25) is 0 Å². The Kier molecular flexibility index (Phi) is 2.93. The van der Waals surface area contributed by atoms with E-state index in [4.69, 9.17) is 4.42 Å². The minimum Gasteiger partial charge on any atom is -0.416 e. The van der Waals surface area contributed by atoms with Crippen LogP contribution in [0.4, 0.5) is 4.39 Å². The first-order valence-electron chi connectivity index (χ1n) is 6.88. The Labute approximate surface area is 126 Å². The average Bonchev–Trinajstić information content (AvgIpc) is 3.04. The molecule has 0 fully saturated rings. The Bertz CT molecular complexity index is 962. The van der Waals surface area contributed by atoms with E-state index in [1.165, 1.54) is 12.1 Å². The molecule has 0 amide bonds. The van der Waals surface area contributed by atoms with Gasteiger partial charge in [-0.2, -0.15) is 0 Å². The second kappa shape index (κ2) is 5.07. The highest BCUT2D eigenvalue weighted by Crippen LogP contribution is 2.26. The molecule has 4 rings (SSSR count). The quantitative estimate of drug-likeness (QED) is 0.537. The van der Waals surface area contributed by atoms with Crippen molar-refractivity contribution < 1.29 is 8.81 Å². The van der Waals surface area contributed by atoms with Gasteiger partial charge < -0.3 is 4.42 Å². The van der Waals surface area contributed by atoms with Gasteiger partial charge in [0.15, 0.2) is 0 Å². The highest BCUT2D eigenvalue weighted by Gasteiger charge is 2.11. The molecule has 0 spiro atoms. The number of hydrogen-bond acceptors (Lipinski definition) is 3. The summed E-state index contributed by atoms with van der Waals surface area (Å²) >= 11 is 0. The van der Waals surface area contributed by atoms with Crippen LogP contribution in [-0.2, 0) is 0 Å². The smallest absolute Gasteiger partial charge is 0.248 e. The molecule has 0 aliphatic rings. The molecule has 4 heteroatoms. The van der Waals surface area contributed by atoms with E-state index in [-0.39, 0.29) is 5.82 Å². The zero-order valence-corrected chi connectivity index (χ0v) is 11.5. The molecule has 3 aromatic carbocycles. The number of benzene rings is 3. The van der Waals surface area contributed by atoms with Crippen LogP contribution in [0.15, 0.2) is 71.1 Å². The van der Waals surface area contributed by atoms with Crippen LogP contribution < -0.4 is 0 Å². The molecular weight excluding hydrogens is 279 g/mol. The van der Waals surface area contributed by atoms with Crippen LogP contribution in [-0.4, -0.2) is 10.2 Å². The number of nitrogens with zero attached hydrogens (tertiary/aromatic N) is 2. The molecule has 0 bridgehead atoms. The molecule has 22 heavy (non-hydrogen) atoms. The second-order valence-corrected chi connectivity index (χ2v) is 4.98. The van der Waals surface area contributed by atoms with Gasteiger partial charge in [-0.15, -0.1) is 10.2 Å². The van der Waals surface area contributed by atoms with Crippen molar-refractivity contribution in [1.82, 2.24) is 10.2 Å². The van der Waals surface area contributed by atoms with E-state index in [2.05, 4.69) is 10.2 Å². The van der Waals surface area contributed by atoms with Crippen LogP contribution in [0, 0.1) is 5.82 Å². The van der Waals surface area contributed by atoms with E-state index in [0.717, 1.165) is 16.3 Å². The fourth-order valence-corrected chi connectivity index (χ4v) is 2.40. The Balaban J connectivity index is 1.76. The topological polar surface area (TPSA) is 38.9 Å². The first-order chi connectivity index (χ1) is 10.8. The highest BCUT2D eigenvalue weighted by atomic mass is 19.1. The van der Waals surface area contributed by atoms with Crippen molar-refractivity contribution in [1.29, 1.82) is 0 Å². The summed E-state index contributed by atoms with van der Waals surface area (Å²) in [6.07, 6.45) is 0. The summed E-state index contributed by atoms with van der Waals surface area (Å²) in [7, 11) is 0. The third-order valence-electron chi connectivity index (χ3n) is 3.49. The van der Waals surface area contributed by atoms with E-state index in [1.807, 2.05) is 42.5 Å². The van der Waals surface area contributed by atoms with Crippen LogP contribution in [0.5, 0.6) is 0 Å². The van der Waals surface area contributed by atoms with Crippen LogP contribution in [0.1, 0.15) is 0 Å². The maximum Gasteiger partial charge on any atom is 0.248 e. The van der Waals surface area contributed by atoms with E-state index in [1.54, 1.807) is 12.1 Å². The molecule has 0 unspecified atom stereocenters. The summed E-state index contributed by atoms with van der Waals surface area (Å²) in [5.74, 6) is 0.399. The Morgan fingerprint density at radius 1 is 0.682 bits per heavy atom. The van der Waals surface area contributed by atoms with Crippen LogP contribution >= 0.6 is 0 Å². The van der Waals surface area contributed by atoms with Crippen molar-refractivity contribution in [3.63, 3.8) is 0 Å². The van der Waals surface area contributed by atoms with Crippen molar-refractivity contribution in [3.8, 4) is 22.9 Å². The van der Waals surface area contributed by atoms with E-state index in [9.17, 15) is 4.39 Å². The fourth-order valence-electron chi connectivity index (χ4n) is 2.40. The van der Waals surface area contributed by atoms with Crippen LogP contribution in [0.3, 0.4) is 0 Å². The molecule has 4 aromatic rings. The van der Waals surface area contributed by atoms with Crippen LogP contribution in [0.25, 0.3) is 33.7 Å². The number of halogens is 1. The molecule has 0 aliphatic carbocycles. The van der Waals surface area contributed by atoms with E-state index < -0.39 is 0 Å². The molecule has 1 aromatic heterocycles. The summed E-state index contributed by atoms with van der Waals surface area (Å²) in [5.41, 5.74) is 1.41. The van der Waals surface area contributed by atoms with E-state index in [0.29, 0.717) is 17.3 Å². The van der Waals surface area contributed by atoms with Crippen molar-refractivity contribution in [3.05, 3.63) is 72.5 Å². The van der Waals surface area contributed by atoms with Crippen molar-refractivity contribution >= 4 is 10.8 Å². The minimum atomic E-state index is -0.331. The van der Waals surface area contributed by atoms with Gasteiger partial charge in [-0.25, -0.2) is 4.39 Å². The molecule has 0 N–H and O–H groups in total. The first-order valence-corrected chi connectivity index (χ1v) is 6.88. The summed E-state index contributed by atoms with van der Waals surface area (Å²) in [4.78, 5) is 0. The number of aromatic nitrogens is 2. The van der Waals surface area contributed by atoms with Crippen molar-refractivity contribution in [2.75, 3.05) is 0 Å². The molecule has 0 saturated carbocycles. The molecule has 0 saturated heterocycles. The lowest BCUT2D eigenvalue weighted by molar-refractivity contribution is 0.582. The van der Waals surface area contributed by atoms with E-state index >= 15 is 0 Å². The van der Waals surface area contributed by atoms with Crippen molar-refractivity contribution in [2.24, 2.45) is 0 Å². The lowest BCUT2D eigenvalue weighted by Crippen LogP contribution is -1.79. The zero-order valence-electron chi connectivity index (χ0n) is 11.5. The van der Waals surface area contributed by atoms with Gasteiger partial charge >= 0.3 is 0 Å². The second-order valence-electron chi connectivity index (χ2n) is 4.98. The number of hydrogen-bond donors (Lipinski definition) is 0. The third-order valence-corrected chi connectivity index (χ3v) is 3.49. The lowest BCUT2D eigenvalue weighted by atomic mass is 10.1. The van der Waals surface area contributed by atoms with Gasteiger partial charge in [0.25, 0.3) is 0 Å². The summed E-state index contributed by atoms with van der Waals surface area (Å²) in [6, 6.07) is 20.1. The van der Waals surface area contributed by atoms with Gasteiger partial charge in [-0.1, -0.05) is 36.4 Å². The van der Waals surface area contributed by atoms with Gasteiger partial charge in [0, 0.05) is 11.1 Å². The predicted molar refractivity (Wildman–Crippen MR) is 82.6 cm³/mol. The minimum absolute atomic E-state index is 0.308. The molecule has 0 radical (unpaired) electrons. The maximum atomic E-state index is 13.3. The zero-order chi connectivity index (χ0) is 14.9. The third kappa shape index (κ3) is 2.24. The standard InChI is InChI=1S/C18H11FN2O/c19-16-7-3-6-14(11-16)17-20-21-18(22-17)15-9-8-12-4-1-2-5-13(12)10-15/h1-11H. The Morgan fingerprint density at radius 2 is 1.41 bits per heavy atom. The lowest BCUT2D eigenvalue weighted by Gasteiger charge is -1.99. The monoisotopic (exact) mass is 290 g/mol. The van der Waals surface area contributed by atoms with Gasteiger partial charge in [0.05, 0.1) is 0 Å². The number of rotatable bonds is 2. The largest absolute Gasteiger partial charge is 0.416 e. The molecule has 0 aliphatic heterocycles. The Hall–Kier alpha value is -3.01.